The van der Waals surface area contributed by atoms with E-state index in [1.807, 2.05) is 49.4 Å². The summed E-state index contributed by atoms with van der Waals surface area (Å²) in [7, 11) is 0. The number of halogens is 1. The van der Waals surface area contributed by atoms with Crippen molar-refractivity contribution in [2.24, 2.45) is 0 Å². The molecular weight excluding hydrogens is 378 g/mol. The maximum absolute atomic E-state index is 12.3. The van der Waals surface area contributed by atoms with Gasteiger partial charge in [0, 0.05) is 11.0 Å². The highest BCUT2D eigenvalue weighted by atomic mass is 79.9. The van der Waals surface area contributed by atoms with E-state index in [4.69, 9.17) is 0 Å². The van der Waals surface area contributed by atoms with Crippen molar-refractivity contribution in [3.05, 3.63) is 88.2 Å². The monoisotopic (exact) mass is 395 g/mol. The molecule has 25 heavy (non-hydrogen) atoms. The molecule has 0 aliphatic carbocycles. The Morgan fingerprint density at radius 1 is 1.08 bits per heavy atom. The molecule has 3 rings (SSSR count). The summed E-state index contributed by atoms with van der Waals surface area (Å²) >= 11 is 3.46. The highest BCUT2D eigenvalue weighted by molar-refractivity contribution is 9.10. The number of anilines is 2. The van der Waals surface area contributed by atoms with Crippen molar-refractivity contribution in [2.45, 2.75) is 13.5 Å². The van der Waals surface area contributed by atoms with Gasteiger partial charge in [-0.05, 0) is 58.2 Å². The van der Waals surface area contributed by atoms with Crippen LogP contribution >= 0.6 is 15.9 Å². The number of aromatic nitrogens is 1. The quantitative estimate of drug-likeness (QED) is 0.637. The zero-order valence-corrected chi connectivity index (χ0v) is 15.4. The first kappa shape index (κ1) is 17.2. The van der Waals surface area contributed by atoms with Gasteiger partial charge in [0.25, 0.3) is 5.91 Å². The number of pyridine rings is 1. The van der Waals surface area contributed by atoms with Gasteiger partial charge in [-0.3, -0.25) is 4.79 Å². The van der Waals surface area contributed by atoms with Gasteiger partial charge in [0.2, 0.25) is 0 Å². The fourth-order valence-electron chi connectivity index (χ4n) is 2.34. The Bertz CT molecular complexity index is 864. The van der Waals surface area contributed by atoms with Crippen LogP contribution in [0.25, 0.3) is 0 Å². The second-order valence-corrected chi connectivity index (χ2v) is 6.56. The van der Waals surface area contributed by atoms with Crippen LogP contribution < -0.4 is 10.6 Å². The number of nitrogens with one attached hydrogen (secondary N) is 2. The summed E-state index contributed by atoms with van der Waals surface area (Å²) in [5.41, 5.74) is 4.28. The fraction of sp³-hybridized carbons (Fsp3) is 0.100. The molecule has 0 radical (unpaired) electrons. The van der Waals surface area contributed by atoms with E-state index in [1.54, 1.807) is 12.3 Å². The molecule has 1 heterocycles. The molecule has 1 amide bonds. The van der Waals surface area contributed by atoms with E-state index < -0.39 is 0 Å². The molecular formula is C20H18BrN3O. The minimum Gasteiger partial charge on any atom is -0.380 e. The molecule has 0 unspecified atom stereocenters. The lowest BCUT2D eigenvalue weighted by Gasteiger charge is -2.09. The molecule has 2 N–H and O–H groups in total. The van der Waals surface area contributed by atoms with Crippen LogP contribution in [0.2, 0.25) is 0 Å². The van der Waals surface area contributed by atoms with Crippen LogP contribution in [0.1, 0.15) is 21.6 Å². The van der Waals surface area contributed by atoms with E-state index in [9.17, 15) is 4.79 Å². The van der Waals surface area contributed by atoms with E-state index in [0.717, 1.165) is 21.4 Å². The molecule has 2 aromatic carbocycles. The lowest BCUT2D eigenvalue weighted by molar-refractivity contribution is 0.102. The number of carbonyl (C=O) groups excluding carboxylic acids is 1. The van der Waals surface area contributed by atoms with Gasteiger partial charge in [0.15, 0.2) is 0 Å². The first-order valence-corrected chi connectivity index (χ1v) is 8.72. The number of hydrogen-bond acceptors (Lipinski definition) is 3. The topological polar surface area (TPSA) is 54.0 Å². The van der Waals surface area contributed by atoms with Crippen molar-refractivity contribution >= 4 is 33.2 Å². The predicted molar refractivity (Wildman–Crippen MR) is 105 cm³/mol. The maximum atomic E-state index is 12.3. The zero-order valence-electron chi connectivity index (χ0n) is 13.8. The summed E-state index contributed by atoms with van der Waals surface area (Å²) in [5, 5.41) is 6.15. The van der Waals surface area contributed by atoms with Crippen molar-refractivity contribution in [1.29, 1.82) is 0 Å². The summed E-state index contributed by atoms with van der Waals surface area (Å²) in [6.45, 7) is 2.71. The van der Waals surface area contributed by atoms with Gasteiger partial charge in [-0.15, -0.1) is 0 Å². The SMILES string of the molecule is Cc1ccc(NC(=O)c2ccc(NCc3ccccc3)cn2)c(Br)c1. The highest BCUT2D eigenvalue weighted by Gasteiger charge is 2.09. The first-order valence-electron chi connectivity index (χ1n) is 7.93. The molecule has 0 fully saturated rings. The van der Waals surface area contributed by atoms with Crippen LogP contribution in [0.5, 0.6) is 0 Å². The van der Waals surface area contributed by atoms with Crippen molar-refractivity contribution < 1.29 is 4.79 Å². The molecule has 1 aromatic heterocycles. The number of aryl methyl sites for hydroxylation is 1. The smallest absolute Gasteiger partial charge is 0.274 e. The fourth-order valence-corrected chi connectivity index (χ4v) is 2.93. The Kier molecular flexibility index (Phi) is 5.46. The average Bonchev–Trinajstić information content (AvgIpc) is 2.63. The molecule has 5 heteroatoms. The summed E-state index contributed by atoms with van der Waals surface area (Å²) in [6.07, 6.45) is 1.67. The third-order valence-electron chi connectivity index (χ3n) is 3.71. The third-order valence-corrected chi connectivity index (χ3v) is 4.36. The molecule has 126 valence electrons. The lowest BCUT2D eigenvalue weighted by atomic mass is 10.2. The Morgan fingerprint density at radius 2 is 1.88 bits per heavy atom. The van der Waals surface area contributed by atoms with Crippen LogP contribution in [0.3, 0.4) is 0 Å². The zero-order chi connectivity index (χ0) is 17.6. The number of carbonyl (C=O) groups is 1. The lowest BCUT2D eigenvalue weighted by Crippen LogP contribution is -2.14. The standard InChI is InChI=1S/C20H18BrN3O/c1-14-7-9-18(17(21)11-14)24-20(25)19-10-8-16(13-23-19)22-12-15-5-3-2-4-6-15/h2-11,13,22H,12H2,1H3,(H,24,25). The number of nitrogens with zero attached hydrogens (tertiary/aromatic N) is 1. The van der Waals surface area contributed by atoms with E-state index >= 15 is 0 Å². The second kappa shape index (κ2) is 7.94. The van der Waals surface area contributed by atoms with Gasteiger partial charge in [0.05, 0.1) is 17.6 Å². The second-order valence-electron chi connectivity index (χ2n) is 5.71. The molecule has 0 aliphatic heterocycles. The van der Waals surface area contributed by atoms with Gasteiger partial charge < -0.3 is 10.6 Å². The summed E-state index contributed by atoms with van der Waals surface area (Å²) < 4.78 is 0.849. The van der Waals surface area contributed by atoms with Gasteiger partial charge >= 0.3 is 0 Å². The first-order chi connectivity index (χ1) is 12.1. The van der Waals surface area contributed by atoms with E-state index in [1.165, 1.54) is 5.56 Å². The average molecular weight is 396 g/mol. The van der Waals surface area contributed by atoms with Crippen LogP contribution in [0, 0.1) is 6.92 Å². The Balaban J connectivity index is 1.62. The Morgan fingerprint density at radius 3 is 2.56 bits per heavy atom. The molecule has 4 nitrogen and oxygen atoms in total. The maximum Gasteiger partial charge on any atom is 0.274 e. The minimum absolute atomic E-state index is 0.237. The van der Waals surface area contributed by atoms with Crippen LogP contribution in [0.15, 0.2) is 71.3 Å². The number of amides is 1. The van der Waals surface area contributed by atoms with Crippen LogP contribution in [-0.4, -0.2) is 10.9 Å². The van der Waals surface area contributed by atoms with Gasteiger partial charge in [-0.2, -0.15) is 0 Å². The Labute approximate surface area is 155 Å². The normalized spacial score (nSPS) is 10.3. The van der Waals surface area contributed by atoms with Crippen LogP contribution in [0.4, 0.5) is 11.4 Å². The van der Waals surface area contributed by atoms with E-state index in [2.05, 4.69) is 43.7 Å². The van der Waals surface area contributed by atoms with E-state index in [-0.39, 0.29) is 5.91 Å². The summed E-state index contributed by atoms with van der Waals surface area (Å²) in [6, 6.07) is 19.5. The van der Waals surface area contributed by atoms with Gasteiger partial charge in [-0.25, -0.2) is 4.98 Å². The summed E-state index contributed by atoms with van der Waals surface area (Å²) in [4.78, 5) is 16.6. The van der Waals surface area contributed by atoms with Crippen molar-refractivity contribution in [3.8, 4) is 0 Å². The molecule has 0 atom stereocenters. The van der Waals surface area contributed by atoms with Crippen molar-refractivity contribution in [1.82, 2.24) is 4.98 Å². The molecule has 0 spiro atoms. The summed E-state index contributed by atoms with van der Waals surface area (Å²) in [5.74, 6) is -0.237. The third kappa shape index (κ3) is 4.67. The molecule has 0 saturated carbocycles. The highest BCUT2D eigenvalue weighted by Crippen LogP contribution is 2.23. The molecule has 3 aromatic rings. The Hall–Kier alpha value is -2.66. The number of hydrogen-bond donors (Lipinski definition) is 2. The number of rotatable bonds is 5. The predicted octanol–water partition coefficient (Wildman–Crippen LogP) is 5.02. The van der Waals surface area contributed by atoms with Crippen LogP contribution in [-0.2, 0) is 6.54 Å². The van der Waals surface area contributed by atoms with Gasteiger partial charge in [0.1, 0.15) is 5.69 Å². The molecule has 0 saturated heterocycles. The van der Waals surface area contributed by atoms with Crippen molar-refractivity contribution in [3.63, 3.8) is 0 Å². The van der Waals surface area contributed by atoms with Gasteiger partial charge in [-0.1, -0.05) is 36.4 Å². The minimum atomic E-state index is -0.237. The van der Waals surface area contributed by atoms with E-state index in [0.29, 0.717) is 12.2 Å². The van der Waals surface area contributed by atoms with Crippen molar-refractivity contribution in [2.75, 3.05) is 10.6 Å². The number of benzene rings is 2. The largest absolute Gasteiger partial charge is 0.380 e. The molecule has 0 aliphatic rings. The molecule has 0 bridgehead atoms.